The highest BCUT2D eigenvalue weighted by Gasteiger charge is 2.41. The monoisotopic (exact) mass is 630 g/mol. The fourth-order valence-electron chi connectivity index (χ4n) is 6.99. The minimum atomic E-state index is -1.81. The molecule has 0 fully saturated rings. The molecule has 0 spiro atoms. The number of benzene rings is 5. The second kappa shape index (κ2) is 13.6. The quantitative estimate of drug-likeness (QED) is 0.105. The molecule has 0 saturated heterocycles. The first-order valence-electron chi connectivity index (χ1n) is 16.6. The zero-order chi connectivity index (χ0) is 33.1. The van der Waals surface area contributed by atoms with E-state index in [0.717, 1.165) is 38.4 Å². The SMILES string of the molecule is CC(C)[Si](C#Cc1ccc(-c2cccc3c(C#Cc4ccccc4)c4ccccc4c(C#C[Si](C)(C)C)c23)cc1)(C(C)C)C(C)C. The summed E-state index contributed by atoms with van der Waals surface area (Å²) < 4.78 is 0. The molecular weight excluding hydrogens is 585 g/mol. The molecule has 0 aliphatic heterocycles. The Morgan fingerprint density at radius 1 is 0.457 bits per heavy atom. The van der Waals surface area contributed by atoms with Gasteiger partial charge in [-0.1, -0.05) is 158 Å². The van der Waals surface area contributed by atoms with Crippen LogP contribution in [0, 0.1) is 34.8 Å². The van der Waals surface area contributed by atoms with Crippen molar-refractivity contribution in [3.8, 4) is 45.9 Å². The zero-order valence-electron chi connectivity index (χ0n) is 29.0. The van der Waals surface area contributed by atoms with Gasteiger partial charge < -0.3 is 0 Å². The van der Waals surface area contributed by atoms with Crippen molar-refractivity contribution in [2.45, 2.75) is 77.8 Å². The van der Waals surface area contributed by atoms with E-state index in [2.05, 4.69) is 175 Å². The van der Waals surface area contributed by atoms with Crippen LogP contribution in [0.15, 0.2) is 97.1 Å². The molecule has 0 unspecified atom stereocenters. The van der Waals surface area contributed by atoms with Crippen LogP contribution in [0.25, 0.3) is 32.7 Å². The topological polar surface area (TPSA) is 0 Å². The summed E-state index contributed by atoms with van der Waals surface area (Å²) >= 11 is 0. The molecule has 230 valence electrons. The molecule has 0 aliphatic rings. The largest absolute Gasteiger partial charge is 0.146 e. The van der Waals surface area contributed by atoms with E-state index in [9.17, 15) is 0 Å². The maximum absolute atomic E-state index is 3.89. The van der Waals surface area contributed by atoms with Gasteiger partial charge in [0.2, 0.25) is 0 Å². The van der Waals surface area contributed by atoms with Gasteiger partial charge in [0.15, 0.2) is 0 Å². The smallest absolute Gasteiger partial charge is 0.127 e. The third-order valence-electron chi connectivity index (χ3n) is 9.20. The lowest BCUT2D eigenvalue weighted by molar-refractivity contribution is 0.838. The normalized spacial score (nSPS) is 11.7. The van der Waals surface area contributed by atoms with Crippen molar-refractivity contribution in [2.75, 3.05) is 0 Å². The predicted octanol–water partition coefficient (Wildman–Crippen LogP) is 11.9. The molecule has 0 amide bonds. The lowest BCUT2D eigenvalue weighted by atomic mass is 9.87. The van der Waals surface area contributed by atoms with Crippen molar-refractivity contribution >= 4 is 37.7 Å². The summed E-state index contributed by atoms with van der Waals surface area (Å²) in [5.41, 5.74) is 16.0. The fraction of sp³-hybridized carbons (Fsp3) is 0.273. The van der Waals surface area contributed by atoms with Crippen LogP contribution in [0.4, 0.5) is 0 Å². The van der Waals surface area contributed by atoms with E-state index in [-0.39, 0.29) is 0 Å². The average Bonchev–Trinajstić information content (AvgIpc) is 3.02. The molecule has 2 heteroatoms. The lowest BCUT2D eigenvalue weighted by Gasteiger charge is -2.38. The van der Waals surface area contributed by atoms with Crippen LogP contribution >= 0.6 is 0 Å². The van der Waals surface area contributed by atoms with E-state index in [1.165, 1.54) is 16.5 Å². The number of hydrogen-bond donors (Lipinski definition) is 0. The van der Waals surface area contributed by atoms with Gasteiger partial charge in [0.05, 0.1) is 0 Å². The first-order valence-corrected chi connectivity index (χ1v) is 22.4. The fourth-order valence-corrected chi connectivity index (χ4v) is 12.7. The van der Waals surface area contributed by atoms with Crippen molar-refractivity contribution in [3.63, 3.8) is 0 Å². The Bertz CT molecular complexity index is 2030. The van der Waals surface area contributed by atoms with E-state index in [1.807, 2.05) is 18.2 Å². The Morgan fingerprint density at radius 3 is 1.59 bits per heavy atom. The van der Waals surface area contributed by atoms with Crippen molar-refractivity contribution < 1.29 is 0 Å². The standard InChI is InChI=1S/C44H46Si2/c1-32(2)46(33(3)4,34(5)6)31-28-36-22-25-37(26-23-36)38-20-15-21-42-41(27-24-35-16-11-10-12-17-35)39-18-13-14-19-40(39)43(44(38)42)29-30-45(7,8)9/h10-23,25-26,32-34H,1-9H3. The molecule has 0 nitrogen and oxygen atoms in total. The minimum Gasteiger partial charge on any atom is -0.127 e. The van der Waals surface area contributed by atoms with Gasteiger partial charge in [-0.2, -0.15) is 0 Å². The van der Waals surface area contributed by atoms with Gasteiger partial charge in [-0.05, 0) is 68.2 Å². The molecule has 0 atom stereocenters. The Morgan fingerprint density at radius 2 is 1.00 bits per heavy atom. The second-order valence-electron chi connectivity index (χ2n) is 14.4. The van der Waals surface area contributed by atoms with E-state index in [4.69, 9.17) is 0 Å². The van der Waals surface area contributed by atoms with Gasteiger partial charge in [-0.15, -0.1) is 11.1 Å². The maximum Gasteiger partial charge on any atom is 0.146 e. The molecule has 0 saturated carbocycles. The van der Waals surface area contributed by atoms with Crippen LogP contribution in [0.2, 0.25) is 36.3 Å². The number of fused-ring (bicyclic) bond motifs is 2. The molecule has 0 radical (unpaired) electrons. The van der Waals surface area contributed by atoms with Crippen molar-refractivity contribution in [1.29, 1.82) is 0 Å². The highest BCUT2D eigenvalue weighted by Crippen LogP contribution is 2.41. The molecule has 0 heterocycles. The van der Waals surface area contributed by atoms with Crippen LogP contribution in [0.3, 0.4) is 0 Å². The molecule has 5 rings (SSSR count). The van der Waals surface area contributed by atoms with E-state index >= 15 is 0 Å². The predicted molar refractivity (Wildman–Crippen MR) is 207 cm³/mol. The summed E-state index contributed by atoms with van der Waals surface area (Å²) in [6.45, 7) is 21.1. The highest BCUT2D eigenvalue weighted by atomic mass is 28.3. The van der Waals surface area contributed by atoms with E-state index in [0.29, 0.717) is 16.6 Å². The highest BCUT2D eigenvalue weighted by molar-refractivity contribution is 6.90. The van der Waals surface area contributed by atoms with Crippen molar-refractivity contribution in [2.24, 2.45) is 0 Å². The molecule has 46 heavy (non-hydrogen) atoms. The summed E-state index contributed by atoms with van der Waals surface area (Å²) in [6, 6.07) is 34.4. The van der Waals surface area contributed by atoms with Gasteiger partial charge in [-0.25, -0.2) is 0 Å². The second-order valence-corrected chi connectivity index (χ2v) is 24.7. The van der Waals surface area contributed by atoms with Gasteiger partial charge in [0, 0.05) is 27.6 Å². The molecule has 5 aromatic carbocycles. The Labute approximate surface area is 279 Å². The Hall–Kier alpha value is -4.27. The summed E-state index contributed by atoms with van der Waals surface area (Å²) in [4.78, 5) is 0. The first-order chi connectivity index (χ1) is 21.9. The summed E-state index contributed by atoms with van der Waals surface area (Å²) in [7, 11) is -3.45. The zero-order valence-corrected chi connectivity index (χ0v) is 31.0. The molecule has 0 N–H and O–H groups in total. The van der Waals surface area contributed by atoms with Crippen LogP contribution < -0.4 is 0 Å². The summed E-state index contributed by atoms with van der Waals surface area (Å²) in [6.07, 6.45) is 0. The molecule has 0 aromatic heterocycles. The first kappa shape index (κ1) is 33.1. The van der Waals surface area contributed by atoms with Crippen molar-refractivity contribution in [1.82, 2.24) is 0 Å². The van der Waals surface area contributed by atoms with Crippen molar-refractivity contribution in [3.05, 3.63) is 119 Å². The maximum atomic E-state index is 3.89. The Kier molecular flexibility index (Phi) is 9.80. The molecular formula is C44H46Si2. The Balaban J connectivity index is 1.75. The van der Waals surface area contributed by atoms with Gasteiger partial charge in [0.1, 0.15) is 16.1 Å². The molecule has 0 aliphatic carbocycles. The van der Waals surface area contributed by atoms with Gasteiger partial charge >= 0.3 is 0 Å². The average molecular weight is 631 g/mol. The van der Waals surface area contributed by atoms with Crippen LogP contribution in [0.5, 0.6) is 0 Å². The summed E-state index contributed by atoms with van der Waals surface area (Å²) in [5.74, 6) is 14.4. The van der Waals surface area contributed by atoms with E-state index < -0.39 is 16.1 Å². The van der Waals surface area contributed by atoms with Crippen LogP contribution in [0.1, 0.15) is 63.8 Å². The van der Waals surface area contributed by atoms with Crippen LogP contribution in [-0.2, 0) is 0 Å². The van der Waals surface area contributed by atoms with E-state index in [1.54, 1.807) is 0 Å². The third-order valence-corrected chi connectivity index (χ3v) is 16.4. The van der Waals surface area contributed by atoms with Gasteiger partial charge in [-0.3, -0.25) is 0 Å². The molecule has 0 bridgehead atoms. The lowest BCUT2D eigenvalue weighted by Crippen LogP contribution is -2.43. The third kappa shape index (κ3) is 6.78. The molecule has 5 aromatic rings. The van der Waals surface area contributed by atoms with Crippen LogP contribution in [-0.4, -0.2) is 16.1 Å². The number of hydrogen-bond acceptors (Lipinski definition) is 0. The minimum absolute atomic E-state index is 0.611. The summed E-state index contributed by atoms with van der Waals surface area (Å²) in [5, 5.41) is 4.62. The number of rotatable bonds is 4. The van der Waals surface area contributed by atoms with Gasteiger partial charge in [0.25, 0.3) is 0 Å².